The fraction of sp³-hybridized carbons (Fsp3) is 0.105. The van der Waals surface area contributed by atoms with Gasteiger partial charge < -0.3 is 10.6 Å². The lowest BCUT2D eigenvalue weighted by molar-refractivity contribution is 0.0953. The van der Waals surface area contributed by atoms with Crippen LogP contribution in [0, 0.1) is 23.3 Å². The average Bonchev–Trinajstić information content (AvgIpc) is 2.70. The molecule has 0 spiro atoms. The summed E-state index contributed by atoms with van der Waals surface area (Å²) in [6.45, 7) is 0.208. The molecule has 9 heteroatoms. The lowest BCUT2D eigenvalue weighted by Crippen LogP contribution is -2.26. The summed E-state index contributed by atoms with van der Waals surface area (Å²) >= 11 is 0. The first-order valence-electron chi connectivity index (χ1n) is 8.20. The molecule has 0 aliphatic carbocycles. The number of halogens is 4. The van der Waals surface area contributed by atoms with E-state index < -0.39 is 23.4 Å². The second-order valence-corrected chi connectivity index (χ2v) is 5.74. The number of anilines is 2. The molecule has 0 atom stereocenters. The molecule has 28 heavy (non-hydrogen) atoms. The van der Waals surface area contributed by atoms with Gasteiger partial charge in [0.2, 0.25) is 5.95 Å². The van der Waals surface area contributed by atoms with Crippen LogP contribution in [-0.2, 0) is 6.42 Å². The Labute approximate surface area is 157 Å². The minimum absolute atomic E-state index is 0.104. The lowest BCUT2D eigenvalue weighted by atomic mass is 10.1. The number of nitrogens with zero attached hydrogens (tertiary/aromatic N) is 2. The van der Waals surface area contributed by atoms with Crippen LogP contribution in [0.3, 0.4) is 0 Å². The third kappa shape index (κ3) is 4.43. The van der Waals surface area contributed by atoms with Crippen molar-refractivity contribution in [3.63, 3.8) is 0 Å². The lowest BCUT2D eigenvalue weighted by Gasteiger charge is -2.08. The first kappa shape index (κ1) is 19.3. The Balaban J connectivity index is 1.58. The molecule has 144 valence electrons. The molecule has 1 heterocycles. The molecular formula is C19H14F4N4O. The van der Waals surface area contributed by atoms with Gasteiger partial charge >= 0.3 is 0 Å². The SMILES string of the molecule is O=C(NCCc1ccccc1F)c1cnc(Nc2ccc(F)c(F)c2F)nc1. The van der Waals surface area contributed by atoms with E-state index in [9.17, 15) is 22.4 Å². The van der Waals surface area contributed by atoms with Gasteiger partial charge in [-0.1, -0.05) is 18.2 Å². The number of carbonyl (C=O) groups is 1. The van der Waals surface area contributed by atoms with Crippen molar-refractivity contribution in [1.29, 1.82) is 0 Å². The zero-order chi connectivity index (χ0) is 20.1. The number of hydrogen-bond acceptors (Lipinski definition) is 4. The summed E-state index contributed by atoms with van der Waals surface area (Å²) < 4.78 is 53.3. The topological polar surface area (TPSA) is 66.9 Å². The van der Waals surface area contributed by atoms with Crippen molar-refractivity contribution in [1.82, 2.24) is 15.3 Å². The van der Waals surface area contributed by atoms with Gasteiger partial charge in [0.15, 0.2) is 17.5 Å². The zero-order valence-electron chi connectivity index (χ0n) is 14.3. The van der Waals surface area contributed by atoms with E-state index in [0.717, 1.165) is 12.1 Å². The van der Waals surface area contributed by atoms with Crippen LogP contribution in [0.2, 0.25) is 0 Å². The van der Waals surface area contributed by atoms with E-state index in [-0.39, 0.29) is 29.6 Å². The Morgan fingerprint density at radius 3 is 2.32 bits per heavy atom. The van der Waals surface area contributed by atoms with E-state index >= 15 is 0 Å². The first-order chi connectivity index (χ1) is 13.5. The van der Waals surface area contributed by atoms with Crippen molar-refractivity contribution < 1.29 is 22.4 Å². The van der Waals surface area contributed by atoms with E-state index in [1.807, 2.05) is 0 Å². The summed E-state index contributed by atoms with van der Waals surface area (Å²) in [6, 6.07) is 8.01. The van der Waals surface area contributed by atoms with Gasteiger partial charge in [0, 0.05) is 18.9 Å². The number of carbonyl (C=O) groups excluding carboxylic acids is 1. The monoisotopic (exact) mass is 390 g/mol. The third-order valence-electron chi connectivity index (χ3n) is 3.83. The molecule has 0 fully saturated rings. The Morgan fingerprint density at radius 1 is 0.893 bits per heavy atom. The summed E-state index contributed by atoms with van der Waals surface area (Å²) in [5.74, 6) is -5.25. The largest absolute Gasteiger partial charge is 0.352 e. The maximum absolute atomic E-state index is 13.6. The predicted octanol–water partition coefficient (Wildman–Crippen LogP) is 3.75. The van der Waals surface area contributed by atoms with Crippen molar-refractivity contribution in [3.05, 3.63) is 83.2 Å². The zero-order valence-corrected chi connectivity index (χ0v) is 14.3. The van der Waals surface area contributed by atoms with Gasteiger partial charge in [-0.05, 0) is 30.2 Å². The van der Waals surface area contributed by atoms with Crippen molar-refractivity contribution >= 4 is 17.5 Å². The second-order valence-electron chi connectivity index (χ2n) is 5.74. The fourth-order valence-electron chi connectivity index (χ4n) is 2.37. The molecule has 0 radical (unpaired) electrons. The minimum Gasteiger partial charge on any atom is -0.352 e. The van der Waals surface area contributed by atoms with Crippen molar-refractivity contribution in [2.75, 3.05) is 11.9 Å². The molecule has 0 aliphatic heterocycles. The van der Waals surface area contributed by atoms with Crippen LogP contribution in [0.1, 0.15) is 15.9 Å². The van der Waals surface area contributed by atoms with E-state index in [4.69, 9.17) is 0 Å². The van der Waals surface area contributed by atoms with Gasteiger partial charge in [-0.15, -0.1) is 0 Å². The minimum atomic E-state index is -1.61. The van der Waals surface area contributed by atoms with Crippen molar-refractivity contribution in [3.8, 4) is 0 Å². The highest BCUT2D eigenvalue weighted by molar-refractivity contribution is 5.93. The molecule has 0 aliphatic rings. The maximum atomic E-state index is 13.6. The molecule has 0 saturated carbocycles. The molecule has 1 aromatic heterocycles. The summed E-state index contributed by atoms with van der Waals surface area (Å²) in [5.41, 5.74) is 0.262. The van der Waals surface area contributed by atoms with Gasteiger partial charge in [0.05, 0.1) is 11.3 Å². The maximum Gasteiger partial charge on any atom is 0.254 e. The third-order valence-corrected chi connectivity index (χ3v) is 3.83. The molecule has 1 amide bonds. The van der Waals surface area contributed by atoms with Gasteiger partial charge in [-0.25, -0.2) is 27.5 Å². The summed E-state index contributed by atoms with van der Waals surface area (Å²) in [6.07, 6.45) is 2.69. The Morgan fingerprint density at radius 2 is 1.61 bits per heavy atom. The number of amides is 1. The number of benzene rings is 2. The van der Waals surface area contributed by atoms with E-state index in [1.54, 1.807) is 18.2 Å². The number of hydrogen-bond donors (Lipinski definition) is 2. The quantitative estimate of drug-likeness (QED) is 0.497. The molecule has 3 rings (SSSR count). The number of rotatable bonds is 6. The molecular weight excluding hydrogens is 376 g/mol. The summed E-state index contributed by atoms with van der Waals surface area (Å²) in [7, 11) is 0. The molecule has 2 aromatic carbocycles. The summed E-state index contributed by atoms with van der Waals surface area (Å²) in [4.78, 5) is 19.8. The predicted molar refractivity (Wildman–Crippen MR) is 94.1 cm³/mol. The van der Waals surface area contributed by atoms with Crippen LogP contribution in [0.4, 0.5) is 29.2 Å². The van der Waals surface area contributed by atoms with Crippen LogP contribution in [0.5, 0.6) is 0 Å². The number of nitrogens with one attached hydrogen (secondary N) is 2. The highest BCUT2D eigenvalue weighted by Crippen LogP contribution is 2.21. The van der Waals surface area contributed by atoms with E-state index in [0.29, 0.717) is 12.0 Å². The highest BCUT2D eigenvalue weighted by atomic mass is 19.2. The molecule has 2 N–H and O–H groups in total. The highest BCUT2D eigenvalue weighted by Gasteiger charge is 2.14. The second kappa shape index (κ2) is 8.47. The molecule has 0 saturated heterocycles. The summed E-state index contributed by atoms with van der Waals surface area (Å²) in [5, 5.41) is 5.01. The van der Waals surface area contributed by atoms with Crippen molar-refractivity contribution in [2.24, 2.45) is 0 Å². The Bertz CT molecular complexity index is 996. The fourth-order valence-corrected chi connectivity index (χ4v) is 2.37. The van der Waals surface area contributed by atoms with Gasteiger partial charge in [0.25, 0.3) is 5.91 Å². The van der Waals surface area contributed by atoms with Crippen LogP contribution in [0.25, 0.3) is 0 Å². The Kier molecular flexibility index (Phi) is 5.83. The standard InChI is InChI=1S/C19H14F4N4O/c20-13-4-2-1-3-11(13)7-8-24-18(28)12-9-25-19(26-10-12)27-15-6-5-14(21)16(22)17(15)23/h1-6,9-10H,7-8H2,(H,24,28)(H,25,26,27). The molecule has 0 bridgehead atoms. The van der Waals surface area contributed by atoms with Gasteiger partial charge in [-0.3, -0.25) is 4.79 Å². The van der Waals surface area contributed by atoms with Crippen LogP contribution in [-0.4, -0.2) is 22.4 Å². The van der Waals surface area contributed by atoms with Crippen LogP contribution >= 0.6 is 0 Å². The first-order valence-corrected chi connectivity index (χ1v) is 8.20. The molecule has 5 nitrogen and oxygen atoms in total. The van der Waals surface area contributed by atoms with E-state index in [1.165, 1.54) is 18.5 Å². The molecule has 0 unspecified atom stereocenters. The van der Waals surface area contributed by atoms with E-state index in [2.05, 4.69) is 20.6 Å². The van der Waals surface area contributed by atoms with Gasteiger partial charge in [0.1, 0.15) is 5.82 Å². The van der Waals surface area contributed by atoms with Gasteiger partial charge in [-0.2, -0.15) is 0 Å². The average molecular weight is 390 g/mol. The van der Waals surface area contributed by atoms with Crippen molar-refractivity contribution in [2.45, 2.75) is 6.42 Å². The normalized spacial score (nSPS) is 10.6. The molecule has 3 aromatic rings. The van der Waals surface area contributed by atoms with Crippen LogP contribution < -0.4 is 10.6 Å². The Hall–Kier alpha value is -3.49. The number of aromatic nitrogens is 2. The van der Waals surface area contributed by atoms with Crippen LogP contribution in [0.15, 0.2) is 48.8 Å². The smallest absolute Gasteiger partial charge is 0.254 e.